The number of thiazole rings is 1. The summed E-state index contributed by atoms with van der Waals surface area (Å²) in [5.41, 5.74) is 5.47. The molecular weight excluding hydrogens is 680 g/mol. The summed E-state index contributed by atoms with van der Waals surface area (Å²) in [7, 11) is -1.08. The van der Waals surface area contributed by atoms with Crippen LogP contribution < -0.4 is 20.6 Å². The predicted molar refractivity (Wildman–Crippen MR) is 188 cm³/mol. The fourth-order valence-corrected chi connectivity index (χ4v) is 6.67. The molecule has 1 aromatic heterocycles. The maximum absolute atomic E-state index is 12.3. The third kappa shape index (κ3) is 13.6. The second-order valence-corrected chi connectivity index (χ2v) is 15.9. The van der Waals surface area contributed by atoms with Crippen LogP contribution in [0.2, 0.25) is 0 Å². The van der Waals surface area contributed by atoms with Gasteiger partial charge in [0.1, 0.15) is 17.0 Å². The zero-order valence-electron chi connectivity index (χ0n) is 28.2. The number of benzene rings is 2. The van der Waals surface area contributed by atoms with E-state index in [0.29, 0.717) is 24.8 Å². The van der Waals surface area contributed by atoms with Crippen molar-refractivity contribution in [3.63, 3.8) is 0 Å². The van der Waals surface area contributed by atoms with Crippen molar-refractivity contribution < 1.29 is 31.8 Å². The van der Waals surface area contributed by atoms with Gasteiger partial charge >= 0.3 is 11.0 Å². The van der Waals surface area contributed by atoms with Crippen LogP contribution in [0.25, 0.3) is 10.2 Å². The summed E-state index contributed by atoms with van der Waals surface area (Å²) in [6, 6.07) is 12.3. The van der Waals surface area contributed by atoms with E-state index in [4.69, 9.17) is 5.73 Å². The predicted octanol–water partition coefficient (Wildman–Crippen LogP) is 5.76. The lowest BCUT2D eigenvalue weighted by molar-refractivity contribution is -0.139. The van der Waals surface area contributed by atoms with Crippen LogP contribution in [0.15, 0.2) is 53.3 Å². The minimum atomic E-state index is -4.30. The maximum atomic E-state index is 12.3. The van der Waals surface area contributed by atoms with E-state index in [1.165, 1.54) is 23.5 Å². The van der Waals surface area contributed by atoms with Crippen LogP contribution in [0.1, 0.15) is 78.2 Å². The van der Waals surface area contributed by atoms with Crippen LogP contribution in [0.5, 0.6) is 0 Å². The summed E-state index contributed by atoms with van der Waals surface area (Å²) in [5, 5.41) is 3.36. The number of nitrogens with two attached hydrogens (primary N) is 1. The van der Waals surface area contributed by atoms with Gasteiger partial charge in [-0.25, -0.2) is 4.21 Å². The monoisotopic (exact) mass is 725 g/mol. The molecule has 3 fully saturated rings. The largest absolute Gasteiger partial charge is 0.416 e. The summed E-state index contributed by atoms with van der Waals surface area (Å²) in [4.78, 5) is 49.6. The average Bonchev–Trinajstić information content (AvgIpc) is 3.92. The Hall–Kier alpha value is -3.72. The first-order valence-electron chi connectivity index (χ1n) is 16.2. The van der Waals surface area contributed by atoms with Gasteiger partial charge in [-0.2, -0.15) is 13.2 Å². The lowest BCUT2D eigenvalue weighted by Crippen LogP contribution is -2.47. The van der Waals surface area contributed by atoms with Crippen molar-refractivity contribution in [1.82, 2.24) is 19.9 Å². The summed E-state index contributed by atoms with van der Waals surface area (Å²) in [5.74, 6) is 0.836. The molecule has 2 saturated carbocycles. The highest BCUT2D eigenvalue weighted by molar-refractivity contribution is 7.84. The quantitative estimate of drug-likeness (QED) is 0.179. The number of hydrogen-bond donors (Lipinski definition) is 4. The zero-order chi connectivity index (χ0) is 36.4. The summed E-state index contributed by atoms with van der Waals surface area (Å²) in [6.07, 6.45) is 2.66. The molecule has 6 rings (SSSR count). The first kappa shape index (κ1) is 39.7. The summed E-state index contributed by atoms with van der Waals surface area (Å²) >= 11 is 1.24. The second-order valence-electron chi connectivity index (χ2n) is 13.4. The van der Waals surface area contributed by atoms with Gasteiger partial charge in [-0.3, -0.25) is 23.9 Å². The Balaban J connectivity index is 0.000000190. The minimum Gasteiger partial charge on any atom is -0.399 e. The van der Waals surface area contributed by atoms with Crippen LogP contribution >= 0.6 is 11.3 Å². The Morgan fingerprint density at radius 1 is 1.10 bits per heavy atom. The topological polar surface area (TPSA) is 154 Å². The molecule has 10 nitrogen and oxygen atoms in total. The molecule has 3 unspecified atom stereocenters. The fourth-order valence-electron chi connectivity index (χ4n) is 5.08. The van der Waals surface area contributed by atoms with Crippen LogP contribution in [-0.2, 0) is 31.5 Å². The number of carbonyl (C=O) groups excluding carboxylic acids is 3. The van der Waals surface area contributed by atoms with Gasteiger partial charge in [0.2, 0.25) is 18.2 Å². The number of anilines is 1. The van der Waals surface area contributed by atoms with Crippen LogP contribution in [0, 0.1) is 11.3 Å². The van der Waals surface area contributed by atoms with E-state index in [9.17, 15) is 36.6 Å². The number of amides is 3. The molecule has 5 N–H and O–H groups in total. The highest BCUT2D eigenvalue weighted by Crippen LogP contribution is 2.34. The lowest BCUT2D eigenvalue weighted by atomic mass is 9.91. The molecule has 3 amide bonds. The van der Waals surface area contributed by atoms with E-state index in [1.807, 2.05) is 24.3 Å². The highest BCUT2D eigenvalue weighted by atomic mass is 32.2. The normalized spacial score (nSPS) is 20.3. The second kappa shape index (κ2) is 17.8. The first-order valence-corrected chi connectivity index (χ1v) is 18.3. The van der Waals surface area contributed by atoms with Gasteiger partial charge in [0.25, 0.3) is 0 Å². The van der Waals surface area contributed by atoms with E-state index in [1.54, 1.807) is 4.90 Å². The summed E-state index contributed by atoms with van der Waals surface area (Å²) in [6.45, 7) is 9.07. The average molecular weight is 726 g/mol. The van der Waals surface area contributed by atoms with E-state index in [2.05, 4.69) is 42.7 Å². The number of fused-ring (bicyclic) bond motifs is 1. The SMILES string of the molecule is CC[C@@H]1CC1NC(=O)C1CCCN1C(=O)CC(C)(C)C.Nc1cccc(C(F)(F)F)c1.O=CNS(=O)C1CC1.O=c1[nH]c2ccccc2s1. The molecule has 0 bridgehead atoms. The van der Waals surface area contributed by atoms with Gasteiger partial charge in [0, 0.05) is 24.7 Å². The molecule has 3 aromatic rings. The van der Waals surface area contributed by atoms with E-state index >= 15 is 0 Å². The van der Waals surface area contributed by atoms with Crippen molar-refractivity contribution in [2.75, 3.05) is 12.3 Å². The molecule has 3 aliphatic rings. The molecule has 0 radical (unpaired) electrons. The van der Waals surface area contributed by atoms with E-state index in [-0.39, 0.29) is 39.1 Å². The van der Waals surface area contributed by atoms with Crippen molar-refractivity contribution in [1.29, 1.82) is 0 Å². The Morgan fingerprint density at radius 3 is 2.33 bits per heavy atom. The molecule has 1 aliphatic heterocycles. The number of alkyl halides is 3. The van der Waals surface area contributed by atoms with Crippen LogP contribution in [0.4, 0.5) is 18.9 Å². The van der Waals surface area contributed by atoms with Gasteiger partial charge < -0.3 is 20.9 Å². The lowest BCUT2D eigenvalue weighted by Gasteiger charge is -2.27. The van der Waals surface area contributed by atoms with Crippen LogP contribution in [0.3, 0.4) is 0 Å². The number of nitrogens with zero attached hydrogens (tertiary/aromatic N) is 1. The zero-order valence-corrected chi connectivity index (χ0v) is 29.8. The van der Waals surface area contributed by atoms with E-state index in [0.717, 1.165) is 67.4 Å². The molecule has 2 aliphatic carbocycles. The number of aromatic amines is 1. The summed E-state index contributed by atoms with van der Waals surface area (Å²) < 4.78 is 49.5. The molecule has 270 valence electrons. The number of likely N-dealkylation sites (tertiary alicyclic amines) is 1. The number of nitrogen functional groups attached to an aromatic ring is 1. The van der Waals surface area contributed by atoms with Crippen molar-refractivity contribution >= 4 is 56.5 Å². The molecular formula is C34H46F3N5O5S2. The van der Waals surface area contributed by atoms with Crippen molar-refractivity contribution in [3.05, 3.63) is 63.8 Å². The molecule has 0 spiro atoms. The van der Waals surface area contributed by atoms with E-state index < -0.39 is 22.7 Å². The third-order valence-electron chi connectivity index (χ3n) is 7.86. The van der Waals surface area contributed by atoms with Crippen molar-refractivity contribution in [3.8, 4) is 0 Å². The van der Waals surface area contributed by atoms with Gasteiger partial charge in [0.15, 0.2) is 0 Å². The van der Waals surface area contributed by atoms with Crippen molar-refractivity contribution in [2.24, 2.45) is 11.3 Å². The number of halogens is 3. The fraction of sp³-hybridized carbons (Fsp3) is 0.529. The van der Waals surface area contributed by atoms with Gasteiger partial charge in [-0.05, 0) is 73.8 Å². The Labute approximate surface area is 291 Å². The molecule has 2 aromatic carbocycles. The number of H-pyrrole nitrogens is 1. The number of hydrogen-bond acceptors (Lipinski definition) is 7. The van der Waals surface area contributed by atoms with Crippen molar-refractivity contribution in [2.45, 2.75) is 96.2 Å². The molecule has 1 saturated heterocycles. The highest BCUT2D eigenvalue weighted by Gasteiger charge is 2.41. The standard InChI is InChI=1S/C16H28N2O2.C7H6F3N.C7H5NOS.C4H7NO2S/c1-5-11-9-12(11)17-15(20)13-7-6-8-18(13)14(19)10-16(2,3)4;8-7(9,10)5-2-1-3-6(11)4-5;9-7-8-5-3-1-2-4-6(5)10-7;6-3-5-8(7)4-1-2-4/h11-13H,5-10H2,1-4H3,(H,17,20);1-4H,11H2;1-4H,(H,8,9);3-4H,1-2H2,(H,5,6)/t11-,12?,13?;;;/m1.../s1. The molecule has 2 heterocycles. The first-order chi connectivity index (χ1) is 23.0. The Kier molecular flexibility index (Phi) is 14.4. The van der Waals surface area contributed by atoms with Gasteiger partial charge in [-0.15, -0.1) is 0 Å². The number of nitrogens with one attached hydrogen (secondary N) is 3. The molecule has 4 atom stereocenters. The van der Waals surface area contributed by atoms with Gasteiger partial charge in [0.05, 0.1) is 21.0 Å². The Morgan fingerprint density at radius 2 is 1.80 bits per heavy atom. The Bertz CT molecular complexity index is 1600. The smallest absolute Gasteiger partial charge is 0.399 e. The number of carbonyl (C=O) groups is 3. The number of rotatable bonds is 7. The minimum absolute atomic E-state index is 0.0150. The maximum Gasteiger partial charge on any atom is 0.416 e. The van der Waals surface area contributed by atoms with Crippen LogP contribution in [-0.4, -0.2) is 56.2 Å². The van der Waals surface area contributed by atoms with Gasteiger partial charge in [-0.1, -0.05) is 63.7 Å². The molecule has 49 heavy (non-hydrogen) atoms. The number of para-hydroxylation sites is 1. The number of aromatic nitrogens is 1. The third-order valence-corrected chi connectivity index (χ3v) is 10.1. The molecule has 15 heteroatoms.